The molecule has 1 amide bonds. The molecule has 3 aromatic carbocycles. The quantitative estimate of drug-likeness (QED) is 0.359. The molecule has 0 aromatic heterocycles. The lowest BCUT2D eigenvalue weighted by Gasteiger charge is -2.26. The number of anilines is 1. The number of sulfonamides is 1. The zero-order chi connectivity index (χ0) is 28.0. The normalized spacial score (nSPS) is 11.9. The summed E-state index contributed by atoms with van der Waals surface area (Å²) in [5.41, 5.74) is 1.65. The Morgan fingerprint density at radius 1 is 0.868 bits per heavy atom. The number of amides is 1. The van der Waals surface area contributed by atoms with Crippen LogP contribution in [0.3, 0.4) is 0 Å². The molecule has 0 aliphatic rings. The van der Waals surface area contributed by atoms with E-state index in [9.17, 15) is 13.2 Å². The third-order valence-electron chi connectivity index (χ3n) is 5.88. The van der Waals surface area contributed by atoms with Crippen LogP contribution in [0.2, 0.25) is 5.02 Å². The van der Waals surface area contributed by atoms with E-state index in [0.717, 1.165) is 9.87 Å². The van der Waals surface area contributed by atoms with Crippen LogP contribution in [0.25, 0.3) is 0 Å². The van der Waals surface area contributed by atoms with Crippen molar-refractivity contribution in [2.75, 3.05) is 39.3 Å². The van der Waals surface area contributed by atoms with Crippen LogP contribution in [0.15, 0.2) is 59.5 Å². The molecule has 0 spiro atoms. The molecule has 1 atom stereocenters. The highest BCUT2D eigenvalue weighted by Gasteiger charge is 2.31. The molecule has 0 saturated carbocycles. The van der Waals surface area contributed by atoms with Gasteiger partial charge in [0.05, 0.1) is 45.2 Å². The third kappa shape index (κ3) is 6.25. The van der Waals surface area contributed by atoms with Crippen LogP contribution in [-0.4, -0.2) is 49.3 Å². The predicted molar refractivity (Wildman–Crippen MR) is 146 cm³/mol. The zero-order valence-electron chi connectivity index (χ0n) is 22.1. The molecular formula is C27H31ClN2O7S. The molecular weight excluding hydrogens is 532 g/mol. The fraction of sp³-hybridized carbons (Fsp3) is 0.296. The van der Waals surface area contributed by atoms with Crippen molar-refractivity contribution in [2.24, 2.45) is 0 Å². The van der Waals surface area contributed by atoms with Gasteiger partial charge in [0.25, 0.3) is 10.0 Å². The molecule has 0 aliphatic heterocycles. The molecule has 1 N–H and O–H groups in total. The summed E-state index contributed by atoms with van der Waals surface area (Å²) in [6, 6.07) is 14.1. The van der Waals surface area contributed by atoms with Crippen molar-refractivity contribution < 1.29 is 32.2 Å². The number of hydrogen-bond acceptors (Lipinski definition) is 7. The van der Waals surface area contributed by atoms with Crippen LogP contribution in [0.1, 0.15) is 24.1 Å². The second-order valence-corrected chi connectivity index (χ2v) is 10.6. The number of rotatable bonds is 11. The van der Waals surface area contributed by atoms with E-state index >= 15 is 0 Å². The molecule has 1 unspecified atom stereocenters. The van der Waals surface area contributed by atoms with Crippen LogP contribution >= 0.6 is 11.6 Å². The Balaban J connectivity index is 1.99. The van der Waals surface area contributed by atoms with Gasteiger partial charge in [0, 0.05) is 0 Å². The molecule has 11 heteroatoms. The Bertz CT molecular complexity index is 1410. The first-order valence-corrected chi connectivity index (χ1v) is 13.4. The van der Waals surface area contributed by atoms with Crippen molar-refractivity contribution in [2.45, 2.75) is 24.8 Å². The van der Waals surface area contributed by atoms with E-state index in [2.05, 4.69) is 5.32 Å². The lowest BCUT2D eigenvalue weighted by atomic mass is 10.1. The lowest BCUT2D eigenvalue weighted by Crippen LogP contribution is -2.41. The highest BCUT2D eigenvalue weighted by atomic mass is 35.5. The predicted octanol–water partition coefficient (Wildman–Crippen LogP) is 4.76. The molecule has 3 rings (SSSR count). The summed E-state index contributed by atoms with van der Waals surface area (Å²) < 4.78 is 50.0. The first-order chi connectivity index (χ1) is 18.0. The molecule has 38 heavy (non-hydrogen) atoms. The Hall–Kier alpha value is -3.63. The number of aryl methyl sites for hydroxylation is 1. The van der Waals surface area contributed by atoms with Gasteiger partial charge in [-0.2, -0.15) is 0 Å². The van der Waals surface area contributed by atoms with E-state index in [0.29, 0.717) is 22.8 Å². The average molecular weight is 563 g/mol. The van der Waals surface area contributed by atoms with Crippen LogP contribution in [0.5, 0.6) is 23.0 Å². The molecule has 9 nitrogen and oxygen atoms in total. The molecule has 0 aliphatic carbocycles. The lowest BCUT2D eigenvalue weighted by molar-refractivity contribution is -0.120. The Morgan fingerprint density at radius 2 is 1.47 bits per heavy atom. The first kappa shape index (κ1) is 28.9. The fourth-order valence-corrected chi connectivity index (χ4v) is 5.76. The number of nitrogens with one attached hydrogen (secondary N) is 1. The van der Waals surface area contributed by atoms with Gasteiger partial charge in [0.15, 0.2) is 11.5 Å². The number of halogens is 1. The van der Waals surface area contributed by atoms with Crippen LogP contribution in [0, 0.1) is 6.92 Å². The van der Waals surface area contributed by atoms with Gasteiger partial charge in [-0.25, -0.2) is 8.42 Å². The summed E-state index contributed by atoms with van der Waals surface area (Å²) in [5, 5.41) is 3.05. The van der Waals surface area contributed by atoms with E-state index in [4.69, 9.17) is 30.5 Å². The molecule has 0 radical (unpaired) electrons. The molecule has 0 saturated heterocycles. The molecule has 0 bridgehead atoms. The van der Waals surface area contributed by atoms with Gasteiger partial charge < -0.3 is 24.3 Å². The minimum atomic E-state index is -4.26. The largest absolute Gasteiger partial charge is 0.495 e. The smallest absolute Gasteiger partial charge is 0.268 e. The monoisotopic (exact) mass is 562 g/mol. The van der Waals surface area contributed by atoms with Gasteiger partial charge in [-0.05, 0) is 67.4 Å². The van der Waals surface area contributed by atoms with Crippen LogP contribution < -0.4 is 28.6 Å². The number of benzene rings is 3. The van der Waals surface area contributed by atoms with Crippen molar-refractivity contribution in [3.8, 4) is 23.0 Å². The molecule has 3 aromatic rings. The highest BCUT2D eigenvalue weighted by molar-refractivity contribution is 7.93. The molecule has 0 fully saturated rings. The van der Waals surface area contributed by atoms with Gasteiger partial charge in [-0.1, -0.05) is 23.7 Å². The second kappa shape index (κ2) is 12.3. The Labute approximate surface area is 228 Å². The summed E-state index contributed by atoms with van der Waals surface area (Å²) in [6.45, 7) is 3.04. The van der Waals surface area contributed by atoms with E-state index in [-0.39, 0.29) is 21.4 Å². The van der Waals surface area contributed by atoms with E-state index in [1.165, 1.54) is 52.7 Å². The number of carbonyl (C=O) groups is 1. The van der Waals surface area contributed by atoms with Crippen molar-refractivity contribution >= 4 is 33.2 Å². The summed E-state index contributed by atoms with van der Waals surface area (Å²) in [4.78, 5) is 13.2. The van der Waals surface area contributed by atoms with Crippen molar-refractivity contribution in [1.29, 1.82) is 0 Å². The van der Waals surface area contributed by atoms with Gasteiger partial charge in [0.2, 0.25) is 5.91 Å². The summed E-state index contributed by atoms with van der Waals surface area (Å²) in [6.07, 6.45) is 0. The van der Waals surface area contributed by atoms with E-state index < -0.39 is 28.5 Å². The summed E-state index contributed by atoms with van der Waals surface area (Å²) >= 11 is 6.31. The van der Waals surface area contributed by atoms with Crippen molar-refractivity contribution in [3.05, 3.63) is 70.7 Å². The number of carbonyl (C=O) groups excluding carboxylic acids is 1. The maximum absolute atomic E-state index is 13.9. The number of methoxy groups -OCH3 is 4. The second-order valence-electron chi connectivity index (χ2n) is 8.39. The topological polar surface area (TPSA) is 103 Å². The van der Waals surface area contributed by atoms with Gasteiger partial charge in [-0.15, -0.1) is 0 Å². The Morgan fingerprint density at radius 3 is 2.08 bits per heavy atom. The molecule has 0 heterocycles. The number of nitrogens with zero attached hydrogens (tertiary/aromatic N) is 1. The minimum Gasteiger partial charge on any atom is -0.495 e. The highest BCUT2D eigenvalue weighted by Crippen LogP contribution is 2.35. The maximum atomic E-state index is 13.9. The van der Waals surface area contributed by atoms with Crippen molar-refractivity contribution in [1.82, 2.24) is 5.32 Å². The van der Waals surface area contributed by atoms with Gasteiger partial charge in [-0.3, -0.25) is 9.10 Å². The van der Waals surface area contributed by atoms with Crippen LogP contribution in [0.4, 0.5) is 5.69 Å². The number of hydrogen-bond donors (Lipinski definition) is 1. The van der Waals surface area contributed by atoms with E-state index in [1.807, 2.05) is 0 Å². The minimum absolute atomic E-state index is 0.0762. The maximum Gasteiger partial charge on any atom is 0.268 e. The standard InChI is InChI=1S/C27H31ClN2O7S/c1-17-7-10-24(36-5)26(13-17)38(32,33)30(20-9-12-22(34-3)21(28)15-20)16-27(31)29-18(2)19-8-11-23(35-4)25(14-19)37-6/h7-15,18H,16H2,1-6H3,(H,29,31). The van der Waals surface area contributed by atoms with E-state index in [1.54, 1.807) is 44.2 Å². The first-order valence-electron chi connectivity index (χ1n) is 11.6. The molecule has 204 valence electrons. The average Bonchev–Trinajstić information content (AvgIpc) is 2.91. The van der Waals surface area contributed by atoms with Gasteiger partial charge >= 0.3 is 0 Å². The number of ether oxygens (including phenoxy) is 4. The van der Waals surface area contributed by atoms with Crippen molar-refractivity contribution in [3.63, 3.8) is 0 Å². The summed E-state index contributed by atoms with van der Waals surface area (Å²) in [5.74, 6) is 1.05. The van der Waals surface area contributed by atoms with Gasteiger partial charge in [0.1, 0.15) is 22.9 Å². The van der Waals surface area contributed by atoms with Crippen LogP contribution in [-0.2, 0) is 14.8 Å². The SMILES string of the molecule is COc1ccc(N(CC(=O)NC(C)c2ccc(OC)c(OC)c2)S(=O)(=O)c2cc(C)ccc2OC)cc1Cl. The zero-order valence-corrected chi connectivity index (χ0v) is 23.6. The fourth-order valence-electron chi connectivity index (χ4n) is 3.85. The Kier molecular flexibility index (Phi) is 9.35. The summed E-state index contributed by atoms with van der Waals surface area (Å²) in [7, 11) is 1.63. The third-order valence-corrected chi connectivity index (χ3v) is 7.97.